The van der Waals surface area contributed by atoms with Gasteiger partial charge in [0.25, 0.3) is 5.91 Å². The van der Waals surface area contributed by atoms with Gasteiger partial charge in [-0.2, -0.15) is 0 Å². The number of aromatic nitrogens is 3. The summed E-state index contributed by atoms with van der Waals surface area (Å²) < 4.78 is 20.3. The summed E-state index contributed by atoms with van der Waals surface area (Å²) in [5, 5.41) is 13.9. The lowest BCUT2D eigenvalue weighted by Crippen LogP contribution is -2.27. The van der Waals surface area contributed by atoms with Crippen molar-refractivity contribution in [3.63, 3.8) is 0 Å². The van der Waals surface area contributed by atoms with Crippen LogP contribution in [0.5, 0.6) is 5.75 Å². The van der Waals surface area contributed by atoms with E-state index >= 15 is 0 Å². The summed E-state index contributed by atoms with van der Waals surface area (Å²) in [6.45, 7) is 2.34. The van der Waals surface area contributed by atoms with E-state index in [4.69, 9.17) is 4.74 Å². The second-order valence-electron chi connectivity index (χ2n) is 5.72. The zero-order valence-corrected chi connectivity index (χ0v) is 16.5. The van der Waals surface area contributed by atoms with Crippen molar-refractivity contribution in [3.05, 3.63) is 58.3 Å². The van der Waals surface area contributed by atoms with Gasteiger partial charge in [-0.05, 0) is 42.6 Å². The Kier molecular flexibility index (Phi) is 6.46. The fourth-order valence-corrected chi connectivity index (χ4v) is 3.75. The molecule has 1 N–H and O–H groups in total. The zero-order chi connectivity index (χ0) is 19.2. The van der Waals surface area contributed by atoms with Crippen molar-refractivity contribution in [3.8, 4) is 5.75 Å². The number of hydrogen-bond acceptors (Lipinski definition) is 6. The van der Waals surface area contributed by atoms with Crippen LogP contribution in [0.4, 0.5) is 4.39 Å². The molecule has 0 bridgehead atoms. The highest BCUT2D eigenvalue weighted by molar-refractivity contribution is 7.99. The second kappa shape index (κ2) is 9.01. The van der Waals surface area contributed by atoms with Crippen LogP contribution in [0.2, 0.25) is 0 Å². The first-order valence-corrected chi connectivity index (χ1v) is 10.2. The summed E-state index contributed by atoms with van der Waals surface area (Å²) in [6.07, 6.45) is 0. The molecule has 1 aromatic carbocycles. The minimum atomic E-state index is -0.288. The van der Waals surface area contributed by atoms with Crippen LogP contribution in [0, 0.1) is 5.82 Å². The van der Waals surface area contributed by atoms with Crippen molar-refractivity contribution in [1.82, 2.24) is 20.1 Å². The average molecular weight is 407 g/mol. The first-order valence-electron chi connectivity index (χ1n) is 8.29. The Morgan fingerprint density at radius 3 is 2.81 bits per heavy atom. The topological polar surface area (TPSA) is 69.0 Å². The molecule has 1 atom stereocenters. The molecule has 1 unspecified atom stereocenters. The van der Waals surface area contributed by atoms with Gasteiger partial charge in [0.15, 0.2) is 11.0 Å². The predicted octanol–water partition coefficient (Wildman–Crippen LogP) is 3.68. The van der Waals surface area contributed by atoms with Gasteiger partial charge in [-0.25, -0.2) is 4.39 Å². The quantitative estimate of drug-likeness (QED) is 0.457. The van der Waals surface area contributed by atoms with Gasteiger partial charge in [0.1, 0.15) is 11.6 Å². The minimum Gasteiger partial charge on any atom is -0.493 e. The van der Waals surface area contributed by atoms with Crippen molar-refractivity contribution in [1.29, 1.82) is 0 Å². The van der Waals surface area contributed by atoms with Gasteiger partial charge < -0.3 is 14.6 Å². The highest BCUT2D eigenvalue weighted by atomic mass is 32.2. The van der Waals surface area contributed by atoms with Gasteiger partial charge in [0, 0.05) is 12.8 Å². The Hall–Kier alpha value is -2.39. The molecule has 0 aliphatic carbocycles. The van der Waals surface area contributed by atoms with E-state index in [1.54, 1.807) is 18.2 Å². The molecule has 0 fully saturated rings. The van der Waals surface area contributed by atoms with Crippen LogP contribution in [-0.4, -0.2) is 33.0 Å². The first kappa shape index (κ1) is 19.4. The van der Waals surface area contributed by atoms with Gasteiger partial charge in [-0.3, -0.25) is 4.79 Å². The van der Waals surface area contributed by atoms with E-state index < -0.39 is 0 Å². The van der Waals surface area contributed by atoms with Crippen LogP contribution in [-0.2, 0) is 7.05 Å². The van der Waals surface area contributed by atoms with E-state index in [1.807, 2.05) is 30.0 Å². The van der Waals surface area contributed by atoms with Crippen molar-refractivity contribution in [2.45, 2.75) is 18.1 Å². The third-order valence-corrected chi connectivity index (χ3v) is 5.60. The van der Waals surface area contributed by atoms with Gasteiger partial charge in [-0.1, -0.05) is 17.8 Å². The fourth-order valence-electron chi connectivity index (χ4n) is 2.39. The van der Waals surface area contributed by atoms with Crippen molar-refractivity contribution < 1.29 is 13.9 Å². The molecule has 0 spiro atoms. The second-order valence-corrected chi connectivity index (χ2v) is 7.73. The molecule has 0 radical (unpaired) electrons. The number of rotatable bonds is 8. The van der Waals surface area contributed by atoms with E-state index in [9.17, 15) is 9.18 Å². The van der Waals surface area contributed by atoms with Crippen LogP contribution >= 0.6 is 23.1 Å². The molecule has 3 aromatic rings. The third kappa shape index (κ3) is 5.08. The zero-order valence-electron chi connectivity index (χ0n) is 14.9. The van der Waals surface area contributed by atoms with E-state index in [1.165, 1.54) is 35.2 Å². The lowest BCUT2D eigenvalue weighted by molar-refractivity contribution is 0.0942. The smallest absolute Gasteiger partial charge is 0.261 e. The number of carbonyl (C=O) groups excluding carboxylic acids is 1. The van der Waals surface area contributed by atoms with Crippen LogP contribution in [0.3, 0.4) is 0 Å². The molecule has 0 saturated carbocycles. The largest absolute Gasteiger partial charge is 0.493 e. The summed E-state index contributed by atoms with van der Waals surface area (Å²) in [6, 6.07) is 9.28. The fraction of sp³-hybridized carbons (Fsp3) is 0.278. The van der Waals surface area contributed by atoms with Crippen molar-refractivity contribution >= 4 is 29.0 Å². The summed E-state index contributed by atoms with van der Waals surface area (Å²) in [5.74, 6) is 1.56. The summed E-state index contributed by atoms with van der Waals surface area (Å²) in [7, 11) is 1.87. The van der Waals surface area contributed by atoms with Gasteiger partial charge in [0.2, 0.25) is 0 Å². The summed E-state index contributed by atoms with van der Waals surface area (Å²) in [5.41, 5.74) is 0. The van der Waals surface area contributed by atoms with Crippen LogP contribution in [0.15, 0.2) is 46.9 Å². The van der Waals surface area contributed by atoms with Crippen molar-refractivity contribution in [2.75, 3.05) is 12.4 Å². The Labute approximate surface area is 164 Å². The predicted molar refractivity (Wildman–Crippen MR) is 104 cm³/mol. The third-order valence-electron chi connectivity index (χ3n) is 3.75. The van der Waals surface area contributed by atoms with Crippen molar-refractivity contribution in [2.24, 2.45) is 7.05 Å². The highest BCUT2D eigenvalue weighted by Gasteiger charge is 2.18. The van der Waals surface area contributed by atoms with E-state index in [0.29, 0.717) is 28.8 Å². The number of benzene rings is 1. The molecule has 1 amide bonds. The van der Waals surface area contributed by atoms with Gasteiger partial charge in [-0.15, -0.1) is 21.5 Å². The van der Waals surface area contributed by atoms with E-state index in [2.05, 4.69) is 15.5 Å². The Balaban J connectivity index is 1.50. The van der Waals surface area contributed by atoms with Crippen LogP contribution in [0.25, 0.3) is 0 Å². The summed E-state index contributed by atoms with van der Waals surface area (Å²) in [4.78, 5) is 12.8. The normalized spacial score (nSPS) is 12.0. The number of nitrogens with one attached hydrogen (secondary N) is 1. The van der Waals surface area contributed by atoms with Gasteiger partial charge >= 0.3 is 0 Å². The molecule has 0 aliphatic heterocycles. The highest BCUT2D eigenvalue weighted by Crippen LogP contribution is 2.20. The molecular weight excluding hydrogens is 387 g/mol. The number of hydrogen-bond donors (Lipinski definition) is 1. The number of ether oxygens (including phenoxy) is 1. The van der Waals surface area contributed by atoms with E-state index in [-0.39, 0.29) is 17.8 Å². The number of carbonyl (C=O) groups is 1. The Bertz CT molecular complexity index is 881. The standard InChI is InChI=1S/C18H19FN4O2S2/c1-12(20-17(24)15-4-3-10-26-15)16-21-22-18(23(16)2)27-11-9-25-14-7-5-13(19)6-8-14/h3-8,10,12H,9,11H2,1-2H3,(H,20,24). The molecule has 0 saturated heterocycles. The number of amides is 1. The maximum Gasteiger partial charge on any atom is 0.261 e. The van der Waals surface area contributed by atoms with Gasteiger partial charge in [0.05, 0.1) is 17.5 Å². The maximum absolute atomic E-state index is 12.9. The molecule has 142 valence electrons. The lowest BCUT2D eigenvalue weighted by Gasteiger charge is -2.13. The number of thiophene rings is 1. The van der Waals surface area contributed by atoms with E-state index in [0.717, 1.165) is 5.16 Å². The van der Waals surface area contributed by atoms with Crippen LogP contribution < -0.4 is 10.1 Å². The van der Waals surface area contributed by atoms with Crippen LogP contribution in [0.1, 0.15) is 28.5 Å². The number of thioether (sulfide) groups is 1. The molecule has 27 heavy (non-hydrogen) atoms. The monoisotopic (exact) mass is 406 g/mol. The number of nitrogens with zero attached hydrogens (tertiary/aromatic N) is 3. The molecule has 9 heteroatoms. The number of halogens is 1. The molecule has 6 nitrogen and oxygen atoms in total. The SMILES string of the molecule is CC(NC(=O)c1cccs1)c1nnc(SCCOc2ccc(F)cc2)n1C. The molecule has 0 aliphatic rings. The molecule has 2 aromatic heterocycles. The lowest BCUT2D eigenvalue weighted by atomic mass is 10.3. The Morgan fingerprint density at radius 2 is 2.11 bits per heavy atom. The molecule has 2 heterocycles. The Morgan fingerprint density at radius 1 is 1.33 bits per heavy atom. The maximum atomic E-state index is 12.9. The molecular formula is C18H19FN4O2S2. The average Bonchev–Trinajstić information content (AvgIpc) is 3.31. The summed E-state index contributed by atoms with van der Waals surface area (Å²) >= 11 is 2.90. The molecule has 3 rings (SSSR count). The minimum absolute atomic E-state index is 0.123. The first-order chi connectivity index (χ1) is 13.0.